The van der Waals surface area contributed by atoms with Gasteiger partial charge in [0.2, 0.25) is 5.91 Å². The number of hydrogen-bond acceptors (Lipinski definition) is 5. The van der Waals surface area contributed by atoms with Crippen molar-refractivity contribution >= 4 is 34.6 Å². The minimum Gasteiger partial charge on any atom is -0.464 e. The molecule has 134 valence electrons. The highest BCUT2D eigenvalue weighted by Gasteiger charge is 2.33. The van der Waals surface area contributed by atoms with Crippen LogP contribution in [0.2, 0.25) is 0 Å². The smallest absolute Gasteiger partial charge is 0.329 e. The highest BCUT2D eigenvalue weighted by atomic mass is 32.2. The Labute approximate surface area is 151 Å². The number of aryl methyl sites for hydroxylation is 2. The van der Waals surface area contributed by atoms with Crippen LogP contribution in [0.5, 0.6) is 0 Å². The van der Waals surface area contributed by atoms with Gasteiger partial charge in [0.25, 0.3) is 0 Å². The molecular weight excluding hydrogens is 338 g/mol. The lowest BCUT2D eigenvalue weighted by atomic mass is 10.0. The van der Waals surface area contributed by atoms with E-state index in [2.05, 4.69) is 6.07 Å². The lowest BCUT2D eigenvalue weighted by Crippen LogP contribution is -2.51. The monoisotopic (exact) mass is 361 g/mol. The van der Waals surface area contributed by atoms with Crippen LogP contribution in [0, 0.1) is 13.8 Å². The fourth-order valence-corrected chi connectivity index (χ4v) is 4.11. The summed E-state index contributed by atoms with van der Waals surface area (Å²) < 4.78 is 10.8. The molecule has 5 nitrogen and oxygen atoms in total. The van der Waals surface area contributed by atoms with E-state index in [0.717, 1.165) is 27.8 Å². The summed E-state index contributed by atoms with van der Waals surface area (Å²) in [5, 5.41) is 0.968. The lowest BCUT2D eigenvalue weighted by Gasteiger charge is -2.33. The Bertz CT molecular complexity index is 798. The molecule has 25 heavy (non-hydrogen) atoms. The summed E-state index contributed by atoms with van der Waals surface area (Å²) in [5.41, 5.74) is 3.99. The lowest BCUT2D eigenvalue weighted by molar-refractivity contribution is -0.153. The maximum absolute atomic E-state index is 12.8. The molecule has 1 aliphatic rings. The molecule has 1 aromatic heterocycles. The Balaban J connectivity index is 1.81. The highest BCUT2D eigenvalue weighted by Crippen LogP contribution is 2.26. The summed E-state index contributed by atoms with van der Waals surface area (Å²) in [7, 11) is 0. The van der Waals surface area contributed by atoms with Crippen LogP contribution < -0.4 is 0 Å². The van der Waals surface area contributed by atoms with Gasteiger partial charge in [0.05, 0.1) is 19.3 Å². The number of carbonyl (C=O) groups is 2. The molecular formula is C19H23NO4S. The number of benzene rings is 1. The summed E-state index contributed by atoms with van der Waals surface area (Å²) in [6, 6.07) is 3.57. The quantitative estimate of drug-likeness (QED) is 0.783. The zero-order chi connectivity index (χ0) is 18.0. The first-order valence-corrected chi connectivity index (χ1v) is 9.68. The molecule has 1 fully saturated rings. The maximum Gasteiger partial charge on any atom is 0.329 e. The van der Waals surface area contributed by atoms with Crippen LogP contribution in [-0.2, 0) is 20.7 Å². The predicted octanol–water partition coefficient (Wildman–Crippen LogP) is 3.10. The molecule has 0 unspecified atom stereocenters. The molecule has 0 spiro atoms. The fraction of sp³-hybridized carbons (Fsp3) is 0.474. The Morgan fingerprint density at radius 3 is 2.84 bits per heavy atom. The van der Waals surface area contributed by atoms with Gasteiger partial charge >= 0.3 is 5.97 Å². The molecule has 0 saturated carbocycles. The van der Waals surface area contributed by atoms with Gasteiger partial charge in [-0.05, 0) is 44.0 Å². The van der Waals surface area contributed by atoms with E-state index in [9.17, 15) is 9.59 Å². The van der Waals surface area contributed by atoms with E-state index < -0.39 is 6.04 Å². The zero-order valence-corrected chi connectivity index (χ0v) is 15.6. The number of esters is 1. The van der Waals surface area contributed by atoms with E-state index in [1.165, 1.54) is 5.56 Å². The van der Waals surface area contributed by atoms with Crippen molar-refractivity contribution in [1.29, 1.82) is 0 Å². The number of amides is 1. The van der Waals surface area contributed by atoms with Gasteiger partial charge in [-0.3, -0.25) is 4.79 Å². The molecule has 0 radical (unpaired) electrons. The summed E-state index contributed by atoms with van der Waals surface area (Å²) in [6.45, 7) is 6.76. The van der Waals surface area contributed by atoms with Gasteiger partial charge in [0.15, 0.2) is 0 Å². The van der Waals surface area contributed by atoms with E-state index in [-0.39, 0.29) is 18.3 Å². The number of thioether (sulfide) groups is 1. The Hall–Kier alpha value is -1.95. The number of carbonyl (C=O) groups excluding carboxylic acids is 2. The standard InChI is InChI=1S/C19H23NO4S/c1-4-23-19(22)16-11-25-6-5-20(16)18(21)9-14-10-24-17-8-13(3)12(2)7-15(14)17/h7-8,10,16H,4-6,9,11H2,1-3H3/t16-/m1/s1. The molecule has 3 rings (SSSR count). The number of furan rings is 1. The Morgan fingerprint density at radius 2 is 2.08 bits per heavy atom. The highest BCUT2D eigenvalue weighted by molar-refractivity contribution is 7.99. The Kier molecular flexibility index (Phi) is 5.37. The molecule has 0 bridgehead atoms. The predicted molar refractivity (Wildman–Crippen MR) is 98.9 cm³/mol. The van der Waals surface area contributed by atoms with Crippen LogP contribution in [0.3, 0.4) is 0 Å². The first-order valence-electron chi connectivity index (χ1n) is 8.52. The van der Waals surface area contributed by atoms with E-state index in [0.29, 0.717) is 18.9 Å². The van der Waals surface area contributed by atoms with Crippen LogP contribution in [-0.4, -0.2) is 47.5 Å². The first kappa shape index (κ1) is 17.9. The summed E-state index contributed by atoms with van der Waals surface area (Å²) in [4.78, 5) is 26.7. The first-order chi connectivity index (χ1) is 12.0. The van der Waals surface area contributed by atoms with Crippen molar-refractivity contribution in [3.63, 3.8) is 0 Å². The number of rotatable bonds is 4. The Morgan fingerprint density at radius 1 is 1.32 bits per heavy atom. The van der Waals surface area contributed by atoms with E-state index in [1.807, 2.05) is 19.9 Å². The van der Waals surface area contributed by atoms with Gasteiger partial charge in [-0.1, -0.05) is 0 Å². The van der Waals surface area contributed by atoms with Gasteiger partial charge in [-0.2, -0.15) is 11.8 Å². The second-order valence-corrected chi connectivity index (χ2v) is 7.45. The van der Waals surface area contributed by atoms with Crippen LogP contribution in [0.4, 0.5) is 0 Å². The fourth-order valence-electron chi connectivity index (χ4n) is 3.07. The molecule has 6 heteroatoms. The topological polar surface area (TPSA) is 59.8 Å². The third kappa shape index (κ3) is 3.68. The summed E-state index contributed by atoms with van der Waals surface area (Å²) in [6.07, 6.45) is 1.88. The number of nitrogens with zero attached hydrogens (tertiary/aromatic N) is 1. The number of ether oxygens (including phenoxy) is 1. The molecule has 1 atom stereocenters. The van der Waals surface area contributed by atoms with Crippen LogP contribution in [0.25, 0.3) is 11.0 Å². The largest absolute Gasteiger partial charge is 0.464 e. The SMILES string of the molecule is CCOC(=O)[C@H]1CSCCN1C(=O)Cc1coc2cc(C)c(C)cc12. The van der Waals surface area contributed by atoms with Crippen molar-refractivity contribution in [2.75, 3.05) is 24.7 Å². The molecule has 0 N–H and O–H groups in total. The third-order valence-corrected chi connectivity index (χ3v) is 5.64. The molecule has 2 heterocycles. The van der Waals surface area contributed by atoms with E-state index in [1.54, 1.807) is 29.8 Å². The van der Waals surface area contributed by atoms with Crippen molar-refractivity contribution in [3.8, 4) is 0 Å². The maximum atomic E-state index is 12.8. The van der Waals surface area contributed by atoms with Crippen molar-refractivity contribution in [3.05, 3.63) is 35.1 Å². The van der Waals surface area contributed by atoms with Gasteiger partial charge in [0.1, 0.15) is 11.6 Å². The normalized spacial score (nSPS) is 17.7. The second-order valence-electron chi connectivity index (χ2n) is 6.30. The van der Waals surface area contributed by atoms with Gasteiger partial charge in [-0.25, -0.2) is 4.79 Å². The van der Waals surface area contributed by atoms with Crippen LogP contribution in [0.1, 0.15) is 23.6 Å². The molecule has 1 saturated heterocycles. The zero-order valence-electron chi connectivity index (χ0n) is 14.8. The van der Waals surface area contributed by atoms with E-state index >= 15 is 0 Å². The minimum atomic E-state index is -0.492. The van der Waals surface area contributed by atoms with Crippen LogP contribution >= 0.6 is 11.8 Å². The molecule has 0 aliphatic carbocycles. The number of fused-ring (bicyclic) bond motifs is 1. The molecule has 1 aliphatic heterocycles. The van der Waals surface area contributed by atoms with Crippen molar-refractivity contribution < 1.29 is 18.7 Å². The van der Waals surface area contributed by atoms with Gasteiger partial charge in [-0.15, -0.1) is 0 Å². The second kappa shape index (κ2) is 7.52. The van der Waals surface area contributed by atoms with E-state index in [4.69, 9.17) is 9.15 Å². The average Bonchev–Trinajstić information content (AvgIpc) is 2.97. The van der Waals surface area contributed by atoms with Crippen LogP contribution in [0.15, 0.2) is 22.8 Å². The van der Waals surface area contributed by atoms with Gasteiger partial charge < -0.3 is 14.1 Å². The number of hydrogen-bond donors (Lipinski definition) is 0. The average molecular weight is 361 g/mol. The molecule has 1 aromatic carbocycles. The third-order valence-electron chi connectivity index (χ3n) is 4.62. The van der Waals surface area contributed by atoms with Crippen molar-refractivity contribution in [2.24, 2.45) is 0 Å². The van der Waals surface area contributed by atoms with Crippen molar-refractivity contribution in [2.45, 2.75) is 33.2 Å². The minimum absolute atomic E-state index is 0.0562. The molecule has 2 aromatic rings. The molecule has 1 amide bonds. The van der Waals surface area contributed by atoms with Gasteiger partial charge in [0, 0.05) is 29.0 Å². The summed E-state index contributed by atoms with van der Waals surface area (Å²) in [5.74, 6) is 1.06. The summed E-state index contributed by atoms with van der Waals surface area (Å²) >= 11 is 1.68. The van der Waals surface area contributed by atoms with Crippen molar-refractivity contribution in [1.82, 2.24) is 4.90 Å².